The number of carbonyl (C=O) groups excluding carboxylic acids is 2. The van der Waals surface area contributed by atoms with Gasteiger partial charge in [-0.2, -0.15) is 10.1 Å². The monoisotopic (exact) mass is 470 g/mol. The van der Waals surface area contributed by atoms with E-state index in [0.717, 1.165) is 17.0 Å². The first-order valence-corrected chi connectivity index (χ1v) is 11.1. The van der Waals surface area contributed by atoms with Crippen LogP contribution in [-0.2, 0) is 16.2 Å². The van der Waals surface area contributed by atoms with Crippen LogP contribution in [0.3, 0.4) is 0 Å². The van der Waals surface area contributed by atoms with Crippen LogP contribution in [0.25, 0.3) is 0 Å². The number of ether oxygens (including phenoxy) is 2. The van der Waals surface area contributed by atoms with Gasteiger partial charge in [-0.25, -0.2) is 0 Å². The summed E-state index contributed by atoms with van der Waals surface area (Å²) in [5, 5.41) is 6.30. The molecule has 0 aromatic heterocycles. The van der Waals surface area contributed by atoms with E-state index < -0.39 is 0 Å². The van der Waals surface area contributed by atoms with Gasteiger partial charge in [-0.15, -0.1) is 0 Å². The number of carbonyl (C=O) groups is 2. The molecule has 1 aliphatic heterocycles. The Hall–Kier alpha value is -2.83. The number of rotatable bonds is 6. The second-order valence-electron chi connectivity index (χ2n) is 8.17. The van der Waals surface area contributed by atoms with Gasteiger partial charge in [0.1, 0.15) is 6.61 Å². The molecular weight excluding hydrogens is 451 g/mol. The average Bonchev–Trinajstić information content (AvgIpc) is 3.46. The molecule has 0 radical (unpaired) electrons. The number of hydrogen-bond acceptors (Lipinski definition) is 5. The summed E-state index contributed by atoms with van der Waals surface area (Å²) in [5.41, 5.74) is 1.41. The molecule has 164 valence electrons. The van der Waals surface area contributed by atoms with Crippen molar-refractivity contribution in [2.45, 2.75) is 13.0 Å². The van der Waals surface area contributed by atoms with E-state index in [1.807, 2.05) is 12.1 Å². The van der Waals surface area contributed by atoms with Crippen molar-refractivity contribution >= 4 is 41.2 Å². The van der Waals surface area contributed by atoms with Crippen LogP contribution in [0.1, 0.15) is 17.5 Å². The molecule has 2 amide bonds. The van der Waals surface area contributed by atoms with Gasteiger partial charge in [-0.1, -0.05) is 47.5 Å². The molecule has 1 heterocycles. The summed E-state index contributed by atoms with van der Waals surface area (Å²) in [6.45, 7) is 0.261. The number of allylic oxidation sites excluding steroid dienone is 2. The minimum atomic E-state index is -0.302. The van der Waals surface area contributed by atoms with Crippen molar-refractivity contribution in [1.29, 1.82) is 0 Å². The number of fused-ring (bicyclic) bond motifs is 5. The van der Waals surface area contributed by atoms with Crippen LogP contribution in [0.2, 0.25) is 10.0 Å². The van der Waals surface area contributed by atoms with Crippen LogP contribution in [0.15, 0.2) is 53.7 Å². The third-order valence-corrected chi connectivity index (χ3v) is 6.79. The Morgan fingerprint density at radius 3 is 2.31 bits per heavy atom. The third-order valence-electron chi connectivity index (χ3n) is 6.32. The largest absolute Gasteiger partial charge is 0.493 e. The summed E-state index contributed by atoms with van der Waals surface area (Å²) < 4.78 is 11.4. The molecule has 3 aliphatic rings. The summed E-state index contributed by atoms with van der Waals surface area (Å²) in [5.74, 6) is 0.00453. The molecule has 2 aromatic carbocycles. The zero-order valence-corrected chi connectivity index (χ0v) is 18.7. The zero-order chi connectivity index (χ0) is 22.4. The van der Waals surface area contributed by atoms with Crippen LogP contribution in [0.5, 0.6) is 11.5 Å². The average molecular weight is 471 g/mol. The fourth-order valence-corrected chi connectivity index (χ4v) is 5.19. The molecular formula is C24H20Cl2N2O4. The Kier molecular flexibility index (Phi) is 5.43. The zero-order valence-electron chi connectivity index (χ0n) is 17.2. The minimum absolute atomic E-state index is 0.131. The molecule has 2 aliphatic carbocycles. The lowest BCUT2D eigenvalue weighted by Gasteiger charge is -2.15. The van der Waals surface area contributed by atoms with E-state index in [2.05, 4.69) is 17.3 Å². The van der Waals surface area contributed by atoms with E-state index in [-0.39, 0.29) is 42.1 Å². The van der Waals surface area contributed by atoms with E-state index in [1.165, 1.54) is 13.3 Å². The summed E-state index contributed by atoms with van der Waals surface area (Å²) in [6, 6.07) is 10.6. The molecule has 2 aromatic rings. The van der Waals surface area contributed by atoms with Gasteiger partial charge in [-0.05, 0) is 42.0 Å². The SMILES string of the molecule is COc1cc(Cl)cc(C=NN2C(=O)C3C4C=CC(C4)C3C2=O)c1OCc1ccc(Cl)cc1. The van der Waals surface area contributed by atoms with Gasteiger partial charge in [-0.3, -0.25) is 9.59 Å². The number of hydrogen-bond donors (Lipinski definition) is 0. The lowest BCUT2D eigenvalue weighted by molar-refractivity contribution is -0.140. The molecule has 0 N–H and O–H groups in total. The Morgan fingerprint density at radius 2 is 1.69 bits per heavy atom. The fourth-order valence-electron chi connectivity index (χ4n) is 4.85. The smallest absolute Gasteiger partial charge is 0.254 e. The van der Waals surface area contributed by atoms with Crippen molar-refractivity contribution in [2.24, 2.45) is 28.8 Å². The maximum absolute atomic E-state index is 12.9. The Labute approximate surface area is 195 Å². The van der Waals surface area contributed by atoms with Gasteiger partial charge < -0.3 is 9.47 Å². The second kappa shape index (κ2) is 8.26. The molecule has 0 spiro atoms. The van der Waals surface area contributed by atoms with Crippen LogP contribution >= 0.6 is 23.2 Å². The fraction of sp³-hybridized carbons (Fsp3) is 0.292. The number of amides is 2. The van der Waals surface area contributed by atoms with Crippen LogP contribution in [0.4, 0.5) is 0 Å². The van der Waals surface area contributed by atoms with Crippen LogP contribution in [0, 0.1) is 23.7 Å². The summed E-state index contributed by atoms with van der Waals surface area (Å²) >= 11 is 12.2. The number of imide groups is 1. The normalized spacial score (nSPS) is 25.8. The first kappa shape index (κ1) is 21.0. The second-order valence-corrected chi connectivity index (χ2v) is 9.05. The first-order valence-electron chi connectivity index (χ1n) is 10.3. The molecule has 6 nitrogen and oxygen atoms in total. The van der Waals surface area contributed by atoms with E-state index in [9.17, 15) is 9.59 Å². The number of methoxy groups -OCH3 is 1. The predicted octanol–water partition coefficient (Wildman–Crippen LogP) is 4.72. The minimum Gasteiger partial charge on any atom is -0.493 e. The van der Waals surface area contributed by atoms with E-state index in [4.69, 9.17) is 32.7 Å². The van der Waals surface area contributed by atoms with E-state index >= 15 is 0 Å². The molecule has 32 heavy (non-hydrogen) atoms. The maximum Gasteiger partial charge on any atom is 0.254 e. The molecule has 2 fully saturated rings. The van der Waals surface area contributed by atoms with Gasteiger partial charge in [0.15, 0.2) is 11.5 Å². The first-order chi connectivity index (χ1) is 15.5. The molecule has 4 atom stereocenters. The van der Waals surface area contributed by atoms with Gasteiger partial charge >= 0.3 is 0 Å². The summed E-state index contributed by atoms with van der Waals surface area (Å²) in [4.78, 5) is 25.8. The molecule has 1 saturated heterocycles. The third kappa shape index (κ3) is 3.57. The lowest BCUT2D eigenvalue weighted by Crippen LogP contribution is -2.28. The van der Waals surface area contributed by atoms with Gasteiger partial charge in [0.05, 0.1) is 25.2 Å². The Morgan fingerprint density at radius 1 is 1.03 bits per heavy atom. The maximum atomic E-state index is 12.9. The number of benzene rings is 2. The highest BCUT2D eigenvalue weighted by Gasteiger charge is 2.59. The van der Waals surface area contributed by atoms with E-state index in [0.29, 0.717) is 27.1 Å². The van der Waals surface area contributed by atoms with Gasteiger partial charge in [0, 0.05) is 21.7 Å². The van der Waals surface area contributed by atoms with E-state index in [1.54, 1.807) is 24.3 Å². The highest BCUT2D eigenvalue weighted by atomic mass is 35.5. The lowest BCUT2D eigenvalue weighted by atomic mass is 9.85. The highest BCUT2D eigenvalue weighted by molar-refractivity contribution is 6.31. The molecule has 1 saturated carbocycles. The molecule has 4 unspecified atom stereocenters. The predicted molar refractivity (Wildman–Crippen MR) is 121 cm³/mol. The van der Waals surface area contributed by atoms with Crippen LogP contribution in [-0.4, -0.2) is 30.1 Å². The molecule has 2 bridgehead atoms. The summed E-state index contributed by atoms with van der Waals surface area (Å²) in [6.07, 6.45) is 6.40. The topological polar surface area (TPSA) is 68.2 Å². The van der Waals surface area contributed by atoms with Crippen molar-refractivity contribution in [1.82, 2.24) is 5.01 Å². The summed E-state index contributed by atoms with van der Waals surface area (Å²) in [7, 11) is 1.51. The number of halogens is 2. The highest BCUT2D eigenvalue weighted by Crippen LogP contribution is 2.52. The van der Waals surface area contributed by atoms with Gasteiger partial charge in [0.25, 0.3) is 11.8 Å². The van der Waals surface area contributed by atoms with Crippen molar-refractivity contribution < 1.29 is 19.1 Å². The standard InChI is InChI=1S/C24H20Cl2N2O4/c1-31-19-10-18(26)9-16(22(19)32-12-13-2-6-17(25)7-3-13)11-27-28-23(29)20-14-4-5-15(8-14)21(20)24(28)30/h2-7,9-11,14-15,20-21H,8,12H2,1H3. The Bertz CT molecular complexity index is 1120. The number of hydrazone groups is 1. The molecule has 8 heteroatoms. The van der Waals surface area contributed by atoms with Crippen molar-refractivity contribution in [3.63, 3.8) is 0 Å². The van der Waals surface area contributed by atoms with Gasteiger partial charge in [0.2, 0.25) is 0 Å². The quantitative estimate of drug-likeness (QED) is 0.347. The van der Waals surface area contributed by atoms with Crippen LogP contribution < -0.4 is 9.47 Å². The number of nitrogens with zero attached hydrogens (tertiary/aromatic N) is 2. The van der Waals surface area contributed by atoms with Crippen molar-refractivity contribution in [3.05, 3.63) is 69.7 Å². The van der Waals surface area contributed by atoms with Crippen molar-refractivity contribution in [2.75, 3.05) is 7.11 Å². The van der Waals surface area contributed by atoms with Crippen molar-refractivity contribution in [3.8, 4) is 11.5 Å². The Balaban J connectivity index is 1.41. The molecule has 5 rings (SSSR count).